The average Bonchev–Trinajstić information content (AvgIpc) is 2.66. The van der Waals surface area contributed by atoms with Gasteiger partial charge in [-0.1, -0.05) is 39.0 Å². The molecular formula is C19H30F2N2O3S. The number of sulfonamides is 1. The van der Waals surface area contributed by atoms with Crippen LogP contribution in [0.15, 0.2) is 12.1 Å². The first-order valence-corrected chi connectivity index (χ1v) is 11.3. The Morgan fingerprint density at radius 1 is 0.963 bits per heavy atom. The molecule has 0 atom stereocenters. The number of rotatable bonds is 10. The Bertz CT molecular complexity index is 705. The van der Waals surface area contributed by atoms with Crippen molar-refractivity contribution in [2.24, 2.45) is 0 Å². The molecule has 5 nitrogen and oxygen atoms in total. The molecule has 1 aliphatic heterocycles. The molecule has 0 saturated carbocycles. The topological polar surface area (TPSA) is 49.9 Å². The summed E-state index contributed by atoms with van der Waals surface area (Å²) in [4.78, 5) is 1.68. The first-order valence-electron chi connectivity index (χ1n) is 9.65. The summed E-state index contributed by atoms with van der Waals surface area (Å²) in [5.41, 5.74) is 0.140. The third-order valence-electron chi connectivity index (χ3n) is 4.95. The minimum absolute atomic E-state index is 0.140. The van der Waals surface area contributed by atoms with Gasteiger partial charge in [-0.05, 0) is 6.42 Å². The Kier molecular flexibility index (Phi) is 8.28. The van der Waals surface area contributed by atoms with Crippen LogP contribution < -0.4 is 9.64 Å². The van der Waals surface area contributed by atoms with Crippen LogP contribution in [0.3, 0.4) is 0 Å². The van der Waals surface area contributed by atoms with Crippen LogP contribution in [0, 0.1) is 11.6 Å². The van der Waals surface area contributed by atoms with Crippen LogP contribution in [0.2, 0.25) is 0 Å². The van der Waals surface area contributed by atoms with Gasteiger partial charge in [-0.15, -0.1) is 0 Å². The zero-order valence-electron chi connectivity index (χ0n) is 16.2. The van der Waals surface area contributed by atoms with Crippen molar-refractivity contribution in [2.75, 3.05) is 43.9 Å². The molecule has 0 amide bonds. The van der Waals surface area contributed by atoms with E-state index >= 15 is 0 Å². The Morgan fingerprint density at radius 3 is 2.22 bits per heavy atom. The third kappa shape index (κ3) is 6.04. The molecule has 1 fully saturated rings. The lowest BCUT2D eigenvalue weighted by Gasteiger charge is -2.35. The first-order chi connectivity index (χ1) is 12.9. The summed E-state index contributed by atoms with van der Waals surface area (Å²) in [6, 6.07) is 2.13. The number of ether oxygens (including phenoxy) is 1. The third-order valence-corrected chi connectivity index (χ3v) is 6.91. The zero-order chi connectivity index (χ0) is 19.9. The molecule has 1 saturated heterocycles. The van der Waals surface area contributed by atoms with Crippen molar-refractivity contribution in [3.8, 4) is 5.75 Å². The molecule has 1 aromatic rings. The van der Waals surface area contributed by atoms with Crippen LogP contribution in [0.5, 0.6) is 5.75 Å². The molecule has 0 aliphatic carbocycles. The summed E-state index contributed by atoms with van der Waals surface area (Å²) in [5.74, 6) is -1.19. The van der Waals surface area contributed by atoms with Gasteiger partial charge in [0.25, 0.3) is 0 Å². The Balaban J connectivity index is 1.86. The minimum Gasteiger partial charge on any atom is -0.494 e. The van der Waals surface area contributed by atoms with E-state index in [1.165, 1.54) is 24.3 Å². The number of benzene rings is 1. The summed E-state index contributed by atoms with van der Waals surface area (Å²) in [5, 5.41) is 0. The molecule has 0 bridgehead atoms. The molecule has 27 heavy (non-hydrogen) atoms. The average molecular weight is 405 g/mol. The van der Waals surface area contributed by atoms with E-state index in [2.05, 4.69) is 6.92 Å². The van der Waals surface area contributed by atoms with E-state index in [4.69, 9.17) is 4.74 Å². The number of hydrogen-bond acceptors (Lipinski definition) is 4. The second-order valence-corrected chi connectivity index (χ2v) is 9.00. The molecule has 0 unspecified atom stereocenters. The van der Waals surface area contributed by atoms with Gasteiger partial charge in [0.15, 0.2) is 11.6 Å². The maximum absolute atomic E-state index is 14.2. The van der Waals surface area contributed by atoms with Crippen molar-refractivity contribution in [1.29, 1.82) is 0 Å². The van der Waals surface area contributed by atoms with E-state index < -0.39 is 21.7 Å². The van der Waals surface area contributed by atoms with Crippen LogP contribution in [-0.4, -0.2) is 51.8 Å². The highest BCUT2D eigenvalue weighted by Crippen LogP contribution is 2.28. The lowest BCUT2D eigenvalue weighted by atomic mass is 10.1. The van der Waals surface area contributed by atoms with E-state index in [1.807, 2.05) is 0 Å². The number of nitrogens with zero attached hydrogens (tertiary/aromatic N) is 2. The van der Waals surface area contributed by atoms with Crippen LogP contribution in [0.1, 0.15) is 45.4 Å². The summed E-state index contributed by atoms with van der Waals surface area (Å²) >= 11 is 0. The molecule has 1 heterocycles. The van der Waals surface area contributed by atoms with E-state index in [1.54, 1.807) is 4.90 Å². The fourth-order valence-corrected chi connectivity index (χ4v) is 4.86. The molecule has 1 aromatic carbocycles. The van der Waals surface area contributed by atoms with Crippen molar-refractivity contribution >= 4 is 15.7 Å². The van der Waals surface area contributed by atoms with Gasteiger partial charge in [-0.25, -0.2) is 17.2 Å². The number of methoxy groups -OCH3 is 1. The minimum atomic E-state index is -3.29. The van der Waals surface area contributed by atoms with Crippen molar-refractivity contribution in [2.45, 2.75) is 45.4 Å². The summed E-state index contributed by atoms with van der Waals surface area (Å²) in [7, 11) is -2.01. The largest absolute Gasteiger partial charge is 0.494 e. The molecule has 0 aromatic heterocycles. The predicted molar refractivity (Wildman–Crippen MR) is 104 cm³/mol. The summed E-state index contributed by atoms with van der Waals surface area (Å²) < 4.78 is 59.3. The van der Waals surface area contributed by atoms with Crippen LogP contribution in [-0.2, 0) is 10.0 Å². The number of piperazine rings is 1. The molecule has 0 radical (unpaired) electrons. The fraction of sp³-hybridized carbons (Fsp3) is 0.684. The van der Waals surface area contributed by atoms with Crippen molar-refractivity contribution in [1.82, 2.24) is 4.31 Å². The van der Waals surface area contributed by atoms with E-state index in [-0.39, 0.29) is 30.3 Å². The van der Waals surface area contributed by atoms with E-state index in [0.717, 1.165) is 31.4 Å². The van der Waals surface area contributed by atoms with Gasteiger partial charge in [0, 0.05) is 38.3 Å². The Hall–Kier alpha value is -1.41. The first kappa shape index (κ1) is 21.9. The van der Waals surface area contributed by atoms with Crippen molar-refractivity contribution in [3.63, 3.8) is 0 Å². The smallest absolute Gasteiger partial charge is 0.214 e. The lowest BCUT2D eigenvalue weighted by Crippen LogP contribution is -2.49. The number of hydrogen-bond donors (Lipinski definition) is 0. The number of unbranched alkanes of at least 4 members (excludes halogenated alkanes) is 5. The highest BCUT2D eigenvalue weighted by atomic mass is 32.2. The van der Waals surface area contributed by atoms with Crippen molar-refractivity contribution in [3.05, 3.63) is 23.8 Å². The maximum Gasteiger partial charge on any atom is 0.214 e. The quantitative estimate of drug-likeness (QED) is 0.557. The van der Waals surface area contributed by atoms with E-state index in [0.29, 0.717) is 19.5 Å². The van der Waals surface area contributed by atoms with Crippen molar-refractivity contribution < 1.29 is 21.9 Å². The molecule has 2 rings (SSSR count). The number of anilines is 1. The van der Waals surface area contributed by atoms with Gasteiger partial charge < -0.3 is 9.64 Å². The molecule has 8 heteroatoms. The van der Waals surface area contributed by atoms with Gasteiger partial charge in [0.05, 0.1) is 18.6 Å². The van der Waals surface area contributed by atoms with Crippen LogP contribution >= 0.6 is 0 Å². The van der Waals surface area contributed by atoms with Gasteiger partial charge in [-0.3, -0.25) is 0 Å². The van der Waals surface area contributed by atoms with Crippen LogP contribution in [0.4, 0.5) is 14.5 Å². The standard InChI is InChI=1S/C19H30F2N2O3S/c1-3-4-5-6-7-8-13-27(24,25)23-11-9-22(10-12-23)18-14-17(21)19(26-2)15-16(18)20/h14-15H,3-13H2,1-2H3. The molecule has 1 aliphatic rings. The highest BCUT2D eigenvalue weighted by molar-refractivity contribution is 7.89. The molecule has 154 valence electrons. The number of halogens is 2. The SMILES string of the molecule is CCCCCCCCS(=O)(=O)N1CCN(c2cc(F)c(OC)cc2F)CC1. The predicted octanol–water partition coefficient (Wildman–Crippen LogP) is 3.79. The highest BCUT2D eigenvalue weighted by Gasteiger charge is 2.28. The monoisotopic (exact) mass is 404 g/mol. The molecule has 0 spiro atoms. The van der Waals surface area contributed by atoms with E-state index in [9.17, 15) is 17.2 Å². The van der Waals surface area contributed by atoms with Gasteiger partial charge in [-0.2, -0.15) is 4.31 Å². The van der Waals surface area contributed by atoms with Crippen LogP contribution in [0.25, 0.3) is 0 Å². The zero-order valence-corrected chi connectivity index (χ0v) is 17.0. The summed E-state index contributed by atoms with van der Waals surface area (Å²) in [6.07, 6.45) is 6.18. The van der Waals surface area contributed by atoms with Gasteiger partial charge in [0.2, 0.25) is 10.0 Å². The maximum atomic E-state index is 14.2. The second kappa shape index (κ2) is 10.2. The summed E-state index contributed by atoms with van der Waals surface area (Å²) in [6.45, 7) is 3.38. The Morgan fingerprint density at radius 2 is 1.59 bits per heavy atom. The Labute approximate surface area is 161 Å². The molecular weight excluding hydrogens is 374 g/mol. The van der Waals surface area contributed by atoms with Gasteiger partial charge in [0.1, 0.15) is 5.82 Å². The lowest BCUT2D eigenvalue weighted by molar-refractivity contribution is 0.375. The van der Waals surface area contributed by atoms with Gasteiger partial charge >= 0.3 is 0 Å². The molecule has 0 N–H and O–H groups in total. The fourth-order valence-electron chi connectivity index (χ4n) is 3.32. The second-order valence-electron chi connectivity index (χ2n) is 6.91. The normalized spacial score (nSPS) is 15.9.